The van der Waals surface area contributed by atoms with E-state index in [4.69, 9.17) is 5.84 Å². The molecule has 0 saturated carbocycles. The molecule has 0 aliphatic rings. The highest BCUT2D eigenvalue weighted by molar-refractivity contribution is 5.12. The summed E-state index contributed by atoms with van der Waals surface area (Å²) in [7, 11) is 0. The van der Waals surface area contributed by atoms with E-state index in [0.717, 1.165) is 45.4 Å². The summed E-state index contributed by atoms with van der Waals surface area (Å²) in [5.74, 6) is 5.72. The van der Waals surface area contributed by atoms with Crippen molar-refractivity contribution >= 4 is 0 Å². The Morgan fingerprint density at radius 3 is 2.50 bits per heavy atom. The van der Waals surface area contributed by atoms with Crippen LogP contribution in [0.5, 0.6) is 0 Å². The first-order valence-electron chi connectivity index (χ1n) is 7.92. The van der Waals surface area contributed by atoms with Crippen molar-refractivity contribution in [3.8, 4) is 0 Å². The van der Waals surface area contributed by atoms with Crippen LogP contribution in [0, 0.1) is 0 Å². The third-order valence-corrected chi connectivity index (χ3v) is 3.96. The number of hydrazine groups is 1. The average molecular weight is 281 g/mol. The minimum absolute atomic E-state index is 0.308. The Bertz CT molecular complexity index is 370. The van der Waals surface area contributed by atoms with Gasteiger partial charge in [0.2, 0.25) is 0 Å². The van der Waals surface area contributed by atoms with Gasteiger partial charge in [-0.3, -0.25) is 16.0 Å². The number of rotatable bonds is 10. The second-order valence-corrected chi connectivity index (χ2v) is 5.18. The van der Waals surface area contributed by atoms with Crippen LogP contribution in [-0.2, 0) is 19.4 Å². The molecular formula is C15H31N5. The molecule has 1 heterocycles. The quantitative estimate of drug-likeness (QED) is 0.505. The van der Waals surface area contributed by atoms with E-state index in [0.29, 0.717) is 6.04 Å². The second-order valence-electron chi connectivity index (χ2n) is 5.18. The normalized spacial score (nSPS) is 13.1. The molecule has 1 atom stereocenters. The van der Waals surface area contributed by atoms with Crippen LogP contribution in [0.4, 0.5) is 0 Å². The zero-order valence-corrected chi connectivity index (χ0v) is 13.5. The topological polar surface area (TPSA) is 59.1 Å². The van der Waals surface area contributed by atoms with Crippen LogP contribution in [0.2, 0.25) is 0 Å². The minimum atomic E-state index is 0.308. The Kier molecular flexibility index (Phi) is 7.80. The van der Waals surface area contributed by atoms with Crippen molar-refractivity contribution in [3.05, 3.63) is 17.5 Å². The molecule has 0 aliphatic carbocycles. The predicted molar refractivity (Wildman–Crippen MR) is 84.5 cm³/mol. The van der Waals surface area contributed by atoms with Gasteiger partial charge in [-0.05, 0) is 45.5 Å². The Morgan fingerprint density at radius 2 is 2.00 bits per heavy atom. The monoisotopic (exact) mass is 281 g/mol. The molecule has 116 valence electrons. The summed E-state index contributed by atoms with van der Waals surface area (Å²) in [5, 5.41) is 4.60. The minimum Gasteiger partial charge on any atom is -0.304 e. The summed E-state index contributed by atoms with van der Waals surface area (Å²) >= 11 is 0. The molecule has 5 heteroatoms. The van der Waals surface area contributed by atoms with Crippen molar-refractivity contribution in [2.45, 2.75) is 59.5 Å². The number of hydrogen-bond donors (Lipinski definition) is 2. The van der Waals surface area contributed by atoms with Crippen LogP contribution < -0.4 is 11.3 Å². The summed E-state index contributed by atoms with van der Waals surface area (Å²) in [5.41, 5.74) is 5.42. The van der Waals surface area contributed by atoms with E-state index in [-0.39, 0.29) is 0 Å². The predicted octanol–water partition coefficient (Wildman–Crippen LogP) is 1.57. The van der Waals surface area contributed by atoms with E-state index in [1.165, 1.54) is 11.4 Å². The van der Waals surface area contributed by atoms with Crippen LogP contribution in [0.15, 0.2) is 6.07 Å². The standard InChI is InChI=1S/C15H31N5/c1-5-13-11-15(20(8-4)18-13)12-14(17-16)9-10-19(6-2)7-3/h11,14,17H,5-10,12,16H2,1-4H3. The SMILES string of the molecule is CCc1cc(CC(CCN(CC)CC)NN)n(CC)n1. The molecule has 1 rings (SSSR count). The van der Waals surface area contributed by atoms with E-state index < -0.39 is 0 Å². The number of aryl methyl sites for hydroxylation is 2. The van der Waals surface area contributed by atoms with Crippen molar-refractivity contribution in [2.75, 3.05) is 19.6 Å². The van der Waals surface area contributed by atoms with Gasteiger partial charge in [0.05, 0.1) is 5.69 Å². The molecular weight excluding hydrogens is 250 g/mol. The molecule has 0 bridgehead atoms. The lowest BCUT2D eigenvalue weighted by atomic mass is 10.1. The highest BCUT2D eigenvalue weighted by Crippen LogP contribution is 2.10. The molecule has 1 aromatic heterocycles. The Labute approximate surface area is 123 Å². The van der Waals surface area contributed by atoms with Crippen molar-refractivity contribution in [1.82, 2.24) is 20.1 Å². The van der Waals surface area contributed by atoms with E-state index in [2.05, 4.69) is 53.9 Å². The third-order valence-electron chi connectivity index (χ3n) is 3.96. The molecule has 1 aromatic rings. The van der Waals surface area contributed by atoms with E-state index in [9.17, 15) is 0 Å². The van der Waals surface area contributed by atoms with Gasteiger partial charge in [-0.15, -0.1) is 0 Å². The third kappa shape index (κ3) is 4.89. The van der Waals surface area contributed by atoms with Gasteiger partial charge in [-0.1, -0.05) is 20.8 Å². The zero-order valence-electron chi connectivity index (χ0n) is 13.5. The van der Waals surface area contributed by atoms with Crippen molar-refractivity contribution in [3.63, 3.8) is 0 Å². The summed E-state index contributed by atoms with van der Waals surface area (Å²) in [6.45, 7) is 12.9. The average Bonchev–Trinajstić information content (AvgIpc) is 2.89. The lowest BCUT2D eigenvalue weighted by Crippen LogP contribution is -2.40. The fraction of sp³-hybridized carbons (Fsp3) is 0.800. The summed E-state index contributed by atoms with van der Waals surface area (Å²) in [6.07, 6.45) is 2.99. The van der Waals surface area contributed by atoms with E-state index >= 15 is 0 Å². The maximum atomic E-state index is 5.72. The van der Waals surface area contributed by atoms with Crippen molar-refractivity contribution < 1.29 is 0 Å². The Morgan fingerprint density at radius 1 is 1.30 bits per heavy atom. The fourth-order valence-electron chi connectivity index (χ4n) is 2.50. The molecule has 20 heavy (non-hydrogen) atoms. The molecule has 0 saturated heterocycles. The molecule has 0 aromatic carbocycles. The molecule has 0 amide bonds. The number of nitrogens with two attached hydrogens (primary N) is 1. The summed E-state index contributed by atoms with van der Waals surface area (Å²) < 4.78 is 2.10. The largest absolute Gasteiger partial charge is 0.304 e. The molecule has 0 spiro atoms. The zero-order chi connectivity index (χ0) is 15.0. The highest BCUT2D eigenvalue weighted by atomic mass is 15.3. The Hall–Kier alpha value is -0.910. The van der Waals surface area contributed by atoms with Crippen molar-refractivity contribution in [2.24, 2.45) is 5.84 Å². The van der Waals surface area contributed by atoms with E-state index in [1.807, 2.05) is 0 Å². The van der Waals surface area contributed by atoms with Crippen LogP contribution in [0.25, 0.3) is 0 Å². The smallest absolute Gasteiger partial charge is 0.0624 e. The maximum Gasteiger partial charge on any atom is 0.0624 e. The Balaban J connectivity index is 2.61. The van der Waals surface area contributed by atoms with Crippen LogP contribution in [0.3, 0.4) is 0 Å². The van der Waals surface area contributed by atoms with Gasteiger partial charge in [0.15, 0.2) is 0 Å². The first-order valence-corrected chi connectivity index (χ1v) is 7.92. The molecule has 0 fully saturated rings. The first-order chi connectivity index (χ1) is 9.68. The summed E-state index contributed by atoms with van der Waals surface area (Å²) in [6, 6.07) is 2.52. The van der Waals surface area contributed by atoms with Gasteiger partial charge >= 0.3 is 0 Å². The summed E-state index contributed by atoms with van der Waals surface area (Å²) in [4.78, 5) is 2.43. The van der Waals surface area contributed by atoms with Gasteiger partial charge in [0, 0.05) is 24.7 Å². The molecule has 1 unspecified atom stereocenters. The number of nitrogens with one attached hydrogen (secondary N) is 1. The van der Waals surface area contributed by atoms with Crippen LogP contribution in [-0.4, -0.2) is 40.4 Å². The highest BCUT2D eigenvalue weighted by Gasteiger charge is 2.13. The van der Waals surface area contributed by atoms with Gasteiger partial charge in [0.1, 0.15) is 0 Å². The van der Waals surface area contributed by atoms with Gasteiger partial charge in [0.25, 0.3) is 0 Å². The van der Waals surface area contributed by atoms with Gasteiger partial charge in [-0.2, -0.15) is 5.10 Å². The number of aromatic nitrogens is 2. The van der Waals surface area contributed by atoms with Gasteiger partial charge < -0.3 is 4.90 Å². The number of nitrogens with zero attached hydrogens (tertiary/aromatic N) is 3. The van der Waals surface area contributed by atoms with Crippen LogP contribution in [0.1, 0.15) is 45.5 Å². The molecule has 0 radical (unpaired) electrons. The second kappa shape index (κ2) is 9.10. The van der Waals surface area contributed by atoms with E-state index in [1.54, 1.807) is 0 Å². The maximum absolute atomic E-state index is 5.72. The molecule has 5 nitrogen and oxygen atoms in total. The molecule has 0 aliphatic heterocycles. The van der Waals surface area contributed by atoms with Crippen LogP contribution >= 0.6 is 0 Å². The molecule has 3 N–H and O–H groups in total. The van der Waals surface area contributed by atoms with Crippen molar-refractivity contribution in [1.29, 1.82) is 0 Å². The number of hydrogen-bond acceptors (Lipinski definition) is 4. The lowest BCUT2D eigenvalue weighted by molar-refractivity contribution is 0.280. The first kappa shape index (κ1) is 17.1. The fourth-order valence-corrected chi connectivity index (χ4v) is 2.50. The lowest BCUT2D eigenvalue weighted by Gasteiger charge is -2.22. The van der Waals surface area contributed by atoms with Gasteiger partial charge in [-0.25, -0.2) is 0 Å².